The minimum atomic E-state index is -1.41. The Balaban J connectivity index is 2.00. The first-order valence-electron chi connectivity index (χ1n) is 10.0. The highest BCUT2D eigenvalue weighted by Crippen LogP contribution is 2.22. The molecule has 0 amide bonds. The lowest BCUT2D eigenvalue weighted by molar-refractivity contribution is -0.109. The number of nitrogens with one attached hydrogen (secondary N) is 1. The largest absolute Gasteiger partial charge is 0.494 e. The van der Waals surface area contributed by atoms with Crippen molar-refractivity contribution < 1.29 is 13.7 Å². The Morgan fingerprint density at radius 3 is 2.55 bits per heavy atom. The van der Waals surface area contributed by atoms with Crippen LogP contribution in [0.25, 0.3) is 5.57 Å². The number of carbonyl (C=O) groups excluding carboxylic acids is 1. The first-order valence-corrected chi connectivity index (χ1v) is 11.2. The average Bonchev–Trinajstić information content (AvgIpc) is 2.97. The summed E-state index contributed by atoms with van der Waals surface area (Å²) in [6.45, 7) is 8.47. The Morgan fingerprint density at radius 2 is 1.93 bits per heavy atom. The number of ether oxygens (including phenoxy) is 1. The molecule has 2 unspecified atom stereocenters. The number of aldehydes is 1. The predicted octanol–water partition coefficient (Wildman–Crippen LogP) is 5.22. The van der Waals surface area contributed by atoms with Crippen molar-refractivity contribution in [1.82, 2.24) is 4.72 Å². The molecule has 1 aliphatic rings. The third-order valence-electron chi connectivity index (χ3n) is 4.65. The summed E-state index contributed by atoms with van der Waals surface area (Å²) in [5.74, 6) is 1.03. The van der Waals surface area contributed by atoms with E-state index in [0.29, 0.717) is 17.9 Å². The van der Waals surface area contributed by atoms with E-state index in [-0.39, 0.29) is 5.92 Å². The summed E-state index contributed by atoms with van der Waals surface area (Å²) in [7, 11) is -1.41. The highest BCUT2D eigenvalue weighted by Gasteiger charge is 2.16. The van der Waals surface area contributed by atoms with E-state index in [1.165, 1.54) is 0 Å². The molecule has 4 nitrogen and oxygen atoms in total. The lowest BCUT2D eigenvalue weighted by Gasteiger charge is -2.15. The van der Waals surface area contributed by atoms with Gasteiger partial charge >= 0.3 is 0 Å². The summed E-state index contributed by atoms with van der Waals surface area (Å²) < 4.78 is 21.2. The highest BCUT2D eigenvalue weighted by molar-refractivity contribution is 7.87. The molecule has 1 aromatic rings. The lowest BCUT2D eigenvalue weighted by atomic mass is 10.0. The van der Waals surface area contributed by atoms with Gasteiger partial charge in [-0.2, -0.15) is 0 Å². The second kappa shape index (κ2) is 11.7. The van der Waals surface area contributed by atoms with Crippen LogP contribution in [0.5, 0.6) is 0 Å². The van der Waals surface area contributed by atoms with Crippen LogP contribution >= 0.6 is 0 Å². The van der Waals surface area contributed by atoms with Gasteiger partial charge in [0.2, 0.25) is 0 Å². The minimum absolute atomic E-state index is 0.0873. The van der Waals surface area contributed by atoms with Crippen molar-refractivity contribution in [3.8, 4) is 0 Å². The van der Waals surface area contributed by atoms with Crippen LogP contribution in [0.4, 0.5) is 0 Å². The predicted molar refractivity (Wildman–Crippen MR) is 121 cm³/mol. The van der Waals surface area contributed by atoms with E-state index < -0.39 is 17.0 Å². The topological polar surface area (TPSA) is 55.4 Å². The molecule has 2 rings (SSSR count). The third-order valence-corrected chi connectivity index (χ3v) is 5.87. The first kappa shape index (κ1) is 23.0. The van der Waals surface area contributed by atoms with Gasteiger partial charge < -0.3 is 9.53 Å². The molecule has 2 atom stereocenters. The van der Waals surface area contributed by atoms with Gasteiger partial charge in [-0.05, 0) is 54.5 Å². The molecule has 0 saturated heterocycles. The van der Waals surface area contributed by atoms with E-state index in [9.17, 15) is 9.00 Å². The number of hydrogen-bond acceptors (Lipinski definition) is 3. The normalized spacial score (nSPS) is 16.7. The molecule has 1 N–H and O–H groups in total. The summed E-state index contributed by atoms with van der Waals surface area (Å²) in [5, 5.41) is 0. The number of rotatable bonds is 10. The fraction of sp³-hybridized carbons (Fsp3) is 0.375. The van der Waals surface area contributed by atoms with Crippen LogP contribution in [0.2, 0.25) is 0 Å². The molecule has 0 radical (unpaired) electrons. The summed E-state index contributed by atoms with van der Waals surface area (Å²) in [5.41, 5.74) is 3.30. The van der Waals surface area contributed by atoms with Crippen molar-refractivity contribution in [2.45, 2.75) is 53.2 Å². The van der Waals surface area contributed by atoms with Gasteiger partial charge in [-0.1, -0.05) is 63.3 Å². The smallest absolute Gasteiger partial charge is 0.138 e. The number of hydrogen-bond donors (Lipinski definition) is 1. The molecular weight excluding hydrogens is 382 g/mol. The Hall–Kier alpha value is -2.24. The second-order valence-electron chi connectivity index (χ2n) is 7.34. The van der Waals surface area contributed by atoms with E-state index in [1.807, 2.05) is 39.0 Å². The van der Waals surface area contributed by atoms with Gasteiger partial charge in [-0.3, -0.25) is 0 Å². The van der Waals surface area contributed by atoms with Crippen LogP contribution in [-0.4, -0.2) is 16.5 Å². The van der Waals surface area contributed by atoms with E-state index in [4.69, 9.17) is 4.74 Å². The average molecular weight is 414 g/mol. The van der Waals surface area contributed by atoms with Crippen LogP contribution in [0.15, 0.2) is 65.3 Å². The Morgan fingerprint density at radius 1 is 1.21 bits per heavy atom. The Labute approximate surface area is 177 Å². The fourth-order valence-electron chi connectivity index (χ4n) is 2.81. The van der Waals surface area contributed by atoms with E-state index in [2.05, 4.69) is 48.1 Å². The summed E-state index contributed by atoms with van der Waals surface area (Å²) in [6.07, 6.45) is 12.4. The number of allylic oxidation sites excluding steroid dienone is 7. The van der Waals surface area contributed by atoms with E-state index in [0.717, 1.165) is 35.2 Å². The zero-order chi connectivity index (χ0) is 21.2. The zero-order valence-corrected chi connectivity index (χ0v) is 18.5. The number of carbonyl (C=O) groups is 1. The number of benzene rings is 1. The molecule has 29 heavy (non-hydrogen) atoms. The van der Waals surface area contributed by atoms with Crippen molar-refractivity contribution in [3.05, 3.63) is 76.4 Å². The zero-order valence-electron chi connectivity index (χ0n) is 17.7. The van der Waals surface area contributed by atoms with Gasteiger partial charge in [0.1, 0.15) is 23.9 Å². The van der Waals surface area contributed by atoms with Gasteiger partial charge in [0.05, 0.1) is 16.7 Å². The van der Waals surface area contributed by atoms with Crippen molar-refractivity contribution in [1.29, 1.82) is 0 Å². The van der Waals surface area contributed by atoms with Crippen molar-refractivity contribution in [2.24, 2.45) is 5.92 Å². The molecule has 0 saturated carbocycles. The molecule has 0 heterocycles. The quantitative estimate of drug-likeness (QED) is 0.423. The summed E-state index contributed by atoms with van der Waals surface area (Å²) in [4.78, 5) is 11.8. The van der Waals surface area contributed by atoms with Gasteiger partial charge in [0.15, 0.2) is 0 Å². The molecule has 1 aromatic carbocycles. The SMILES string of the molecule is CC/C=C(\C)OCc1ccc(C2=CCC=C(S(=O)NC(C=O)C(C)C)C=C2)cc1. The molecule has 1 aliphatic carbocycles. The van der Waals surface area contributed by atoms with Crippen LogP contribution in [0.3, 0.4) is 0 Å². The first-order chi connectivity index (χ1) is 13.9. The van der Waals surface area contributed by atoms with Crippen molar-refractivity contribution in [2.75, 3.05) is 0 Å². The molecule has 156 valence electrons. The molecule has 0 fully saturated rings. The monoisotopic (exact) mass is 413 g/mol. The maximum absolute atomic E-state index is 12.6. The van der Waals surface area contributed by atoms with Gasteiger partial charge in [0, 0.05) is 0 Å². The van der Waals surface area contributed by atoms with E-state index >= 15 is 0 Å². The molecular formula is C24H31NO3S. The van der Waals surface area contributed by atoms with Crippen LogP contribution < -0.4 is 4.72 Å². The van der Waals surface area contributed by atoms with E-state index in [1.54, 1.807) is 0 Å². The van der Waals surface area contributed by atoms with Gasteiger partial charge in [-0.15, -0.1) is 0 Å². The summed E-state index contributed by atoms with van der Waals surface area (Å²) >= 11 is 0. The maximum Gasteiger partial charge on any atom is 0.138 e. The van der Waals surface area contributed by atoms with Crippen LogP contribution in [0.1, 0.15) is 51.7 Å². The fourth-order valence-corrected chi connectivity index (χ4v) is 3.96. The second-order valence-corrected chi connectivity index (χ2v) is 8.58. The van der Waals surface area contributed by atoms with Gasteiger partial charge in [0.25, 0.3) is 0 Å². The van der Waals surface area contributed by atoms with Crippen molar-refractivity contribution in [3.63, 3.8) is 0 Å². The molecule has 0 aromatic heterocycles. The van der Waals surface area contributed by atoms with Crippen LogP contribution in [0, 0.1) is 5.92 Å². The molecule has 0 bridgehead atoms. The maximum atomic E-state index is 12.6. The summed E-state index contributed by atoms with van der Waals surface area (Å²) in [6, 6.07) is 7.87. The van der Waals surface area contributed by atoms with Crippen LogP contribution in [-0.2, 0) is 27.1 Å². The molecule has 0 aliphatic heterocycles. The van der Waals surface area contributed by atoms with Crippen molar-refractivity contribution >= 4 is 22.8 Å². The minimum Gasteiger partial charge on any atom is -0.494 e. The van der Waals surface area contributed by atoms with Gasteiger partial charge in [-0.25, -0.2) is 8.93 Å². The molecule has 0 spiro atoms. The highest BCUT2D eigenvalue weighted by atomic mass is 32.2. The molecule has 5 heteroatoms. The standard InChI is InChI=1S/C24H31NO3S/c1-5-7-19(4)28-17-20-10-12-22(13-11-20)21-8-6-9-23(15-14-21)29(27)25-24(16-26)18(2)3/h7-16,18,24-25H,5-6,17H2,1-4H3/b19-7+. The Kier molecular flexibility index (Phi) is 9.29. The lowest BCUT2D eigenvalue weighted by Crippen LogP contribution is -2.36. The Bertz CT molecular complexity index is 832. The third kappa shape index (κ3) is 7.26.